The monoisotopic (exact) mass is 272 g/mol. The Bertz CT molecular complexity index is 698. The van der Waals surface area contributed by atoms with Gasteiger partial charge in [-0.3, -0.25) is 0 Å². The van der Waals surface area contributed by atoms with Crippen molar-refractivity contribution in [2.24, 2.45) is 0 Å². The summed E-state index contributed by atoms with van der Waals surface area (Å²) in [5.74, 6) is 0. The van der Waals surface area contributed by atoms with Gasteiger partial charge in [0.1, 0.15) is 13.1 Å². The molecule has 1 heterocycles. The molecule has 2 aromatic carbocycles. The largest absolute Gasteiger partial charge is 0.321 e. The van der Waals surface area contributed by atoms with Crippen LogP contribution in [-0.2, 0) is 13.1 Å². The van der Waals surface area contributed by atoms with Gasteiger partial charge < -0.3 is 4.48 Å². The number of rotatable bonds is 1. The maximum absolute atomic E-state index is 6.65. The van der Waals surface area contributed by atoms with E-state index in [1.165, 1.54) is 22.1 Å². The average Bonchev–Trinajstić information content (AvgIpc) is 2.65. The minimum absolute atomic E-state index is 0.930. The lowest BCUT2D eigenvalue weighted by Crippen LogP contribution is -2.32. The fourth-order valence-electron chi connectivity index (χ4n) is 3.24. The van der Waals surface area contributed by atoms with E-state index < -0.39 is 0 Å². The van der Waals surface area contributed by atoms with Gasteiger partial charge in [-0.25, -0.2) is 0 Å². The zero-order valence-corrected chi connectivity index (χ0v) is 12.5. The standard InChI is InChI=1S/C17H19ClN/c1-11(2)16-12-7-5-6-8-13(12)17(18)15-10-19(3,4)9-14(15)16/h5-8H,1,9-10H2,2-4H3/q+1. The highest BCUT2D eigenvalue weighted by Crippen LogP contribution is 2.42. The third-order valence-corrected chi connectivity index (χ3v) is 4.39. The van der Waals surface area contributed by atoms with Gasteiger partial charge in [0.2, 0.25) is 0 Å². The topological polar surface area (TPSA) is 0 Å². The van der Waals surface area contributed by atoms with Crippen molar-refractivity contribution in [3.05, 3.63) is 52.6 Å². The number of allylic oxidation sites excluding steroid dienone is 1. The van der Waals surface area contributed by atoms with Crippen LogP contribution in [-0.4, -0.2) is 18.6 Å². The molecule has 0 radical (unpaired) electrons. The first-order valence-corrected chi connectivity index (χ1v) is 6.98. The molecule has 0 spiro atoms. The van der Waals surface area contributed by atoms with E-state index in [-0.39, 0.29) is 0 Å². The van der Waals surface area contributed by atoms with Crippen molar-refractivity contribution in [1.82, 2.24) is 0 Å². The summed E-state index contributed by atoms with van der Waals surface area (Å²) in [5.41, 5.74) is 5.13. The third-order valence-electron chi connectivity index (χ3n) is 3.96. The maximum atomic E-state index is 6.65. The van der Waals surface area contributed by atoms with Gasteiger partial charge in [-0.2, -0.15) is 0 Å². The van der Waals surface area contributed by atoms with Gasteiger partial charge >= 0.3 is 0 Å². The molecule has 1 aliphatic rings. The van der Waals surface area contributed by atoms with E-state index in [2.05, 4.69) is 51.9 Å². The minimum Gasteiger partial charge on any atom is -0.321 e. The molecule has 0 bridgehead atoms. The van der Waals surface area contributed by atoms with E-state index in [1.807, 2.05) is 0 Å². The molecule has 2 aromatic rings. The highest BCUT2D eigenvalue weighted by molar-refractivity contribution is 6.37. The Balaban J connectivity index is 2.45. The molecule has 2 heteroatoms. The first kappa shape index (κ1) is 12.7. The second kappa shape index (κ2) is 4.09. The number of benzene rings is 2. The lowest BCUT2D eigenvalue weighted by molar-refractivity contribution is -0.910. The number of nitrogens with zero attached hydrogens (tertiary/aromatic N) is 1. The van der Waals surface area contributed by atoms with Crippen molar-refractivity contribution in [1.29, 1.82) is 0 Å². The van der Waals surface area contributed by atoms with Gasteiger partial charge in [0.05, 0.1) is 19.1 Å². The fourth-order valence-corrected chi connectivity index (χ4v) is 3.58. The molecule has 0 atom stereocenters. The number of halogens is 1. The first-order chi connectivity index (χ1) is 8.91. The Hall–Kier alpha value is -1.31. The van der Waals surface area contributed by atoms with E-state index in [9.17, 15) is 0 Å². The van der Waals surface area contributed by atoms with Gasteiger partial charge in [0.25, 0.3) is 0 Å². The number of quaternary nitrogens is 1. The van der Waals surface area contributed by atoms with Crippen LogP contribution >= 0.6 is 11.6 Å². The first-order valence-electron chi connectivity index (χ1n) is 6.60. The van der Waals surface area contributed by atoms with Crippen molar-refractivity contribution in [3.63, 3.8) is 0 Å². The molecule has 0 fully saturated rings. The van der Waals surface area contributed by atoms with Crippen molar-refractivity contribution in [3.8, 4) is 0 Å². The van der Waals surface area contributed by atoms with E-state index >= 15 is 0 Å². The average molecular weight is 273 g/mol. The van der Waals surface area contributed by atoms with Crippen LogP contribution in [0.5, 0.6) is 0 Å². The summed E-state index contributed by atoms with van der Waals surface area (Å²) < 4.78 is 0.964. The summed E-state index contributed by atoms with van der Waals surface area (Å²) in [7, 11) is 4.51. The minimum atomic E-state index is 0.930. The SMILES string of the molecule is C=C(C)c1c2c(c(Cl)c3ccccc13)C[N+](C)(C)C2. The van der Waals surface area contributed by atoms with Gasteiger partial charge in [-0.05, 0) is 23.4 Å². The lowest BCUT2D eigenvalue weighted by atomic mass is 9.92. The molecule has 19 heavy (non-hydrogen) atoms. The second-order valence-electron chi connectivity index (χ2n) is 6.22. The van der Waals surface area contributed by atoms with Crippen molar-refractivity contribution < 1.29 is 4.48 Å². The van der Waals surface area contributed by atoms with E-state index in [0.29, 0.717) is 0 Å². The highest BCUT2D eigenvalue weighted by Gasteiger charge is 2.33. The van der Waals surface area contributed by atoms with E-state index in [0.717, 1.165) is 33.6 Å². The molecule has 3 rings (SSSR count). The van der Waals surface area contributed by atoms with Crippen LogP contribution in [0, 0.1) is 0 Å². The van der Waals surface area contributed by atoms with Gasteiger partial charge in [0, 0.05) is 16.5 Å². The second-order valence-corrected chi connectivity index (χ2v) is 6.60. The van der Waals surface area contributed by atoms with Crippen LogP contribution in [0.2, 0.25) is 5.02 Å². The van der Waals surface area contributed by atoms with Crippen molar-refractivity contribution in [2.75, 3.05) is 14.1 Å². The van der Waals surface area contributed by atoms with Crippen LogP contribution in [0.1, 0.15) is 23.6 Å². The summed E-state index contributed by atoms with van der Waals surface area (Å²) in [4.78, 5) is 0. The van der Waals surface area contributed by atoms with Gasteiger partial charge in [-0.1, -0.05) is 42.4 Å². The molecule has 0 saturated heterocycles. The Morgan fingerprint density at radius 3 is 2.32 bits per heavy atom. The Labute approximate surface area is 119 Å². The molecule has 0 aromatic heterocycles. The lowest BCUT2D eigenvalue weighted by Gasteiger charge is -2.22. The summed E-state index contributed by atoms with van der Waals surface area (Å²) in [5, 5.41) is 3.32. The zero-order valence-electron chi connectivity index (χ0n) is 11.8. The Morgan fingerprint density at radius 2 is 1.68 bits per heavy atom. The smallest absolute Gasteiger partial charge is 0.106 e. The summed E-state index contributed by atoms with van der Waals surface area (Å²) in [6.45, 7) is 8.30. The van der Waals surface area contributed by atoms with Crippen LogP contribution in [0.3, 0.4) is 0 Å². The summed E-state index contributed by atoms with van der Waals surface area (Å²) in [6, 6.07) is 8.40. The number of hydrogen-bond acceptors (Lipinski definition) is 0. The van der Waals surface area contributed by atoms with Gasteiger partial charge in [0.15, 0.2) is 0 Å². The predicted molar refractivity (Wildman–Crippen MR) is 83.2 cm³/mol. The predicted octanol–water partition coefficient (Wildman–Crippen LogP) is 4.62. The quantitative estimate of drug-likeness (QED) is 0.665. The van der Waals surface area contributed by atoms with Crippen molar-refractivity contribution in [2.45, 2.75) is 20.0 Å². The van der Waals surface area contributed by atoms with Crippen LogP contribution in [0.15, 0.2) is 30.8 Å². The molecular formula is C17H19ClN+. The van der Waals surface area contributed by atoms with Crippen LogP contribution in [0.25, 0.3) is 16.3 Å². The fraction of sp³-hybridized carbons (Fsp3) is 0.294. The normalized spacial score (nSPS) is 16.6. The molecular weight excluding hydrogens is 254 g/mol. The molecule has 98 valence electrons. The van der Waals surface area contributed by atoms with Gasteiger partial charge in [-0.15, -0.1) is 0 Å². The zero-order chi connectivity index (χ0) is 13.8. The molecule has 0 N–H and O–H groups in total. The van der Waals surface area contributed by atoms with Crippen LogP contribution < -0.4 is 0 Å². The maximum Gasteiger partial charge on any atom is 0.106 e. The molecule has 0 aliphatic carbocycles. The summed E-state index contributed by atoms with van der Waals surface area (Å²) in [6.07, 6.45) is 0. The summed E-state index contributed by atoms with van der Waals surface area (Å²) >= 11 is 6.65. The number of hydrogen-bond donors (Lipinski definition) is 0. The third kappa shape index (κ3) is 1.89. The molecule has 1 aliphatic heterocycles. The highest BCUT2D eigenvalue weighted by atomic mass is 35.5. The van der Waals surface area contributed by atoms with E-state index in [1.54, 1.807) is 0 Å². The Morgan fingerprint density at radius 1 is 1.11 bits per heavy atom. The Kier molecular flexibility index (Phi) is 2.74. The molecule has 0 amide bonds. The van der Waals surface area contributed by atoms with Crippen molar-refractivity contribution >= 4 is 27.9 Å². The molecule has 0 saturated carbocycles. The van der Waals surface area contributed by atoms with Crippen LogP contribution in [0.4, 0.5) is 0 Å². The van der Waals surface area contributed by atoms with E-state index in [4.69, 9.17) is 11.6 Å². The molecule has 1 nitrogen and oxygen atoms in total. The molecule has 0 unspecified atom stereocenters. The number of fused-ring (bicyclic) bond motifs is 2.